The fraction of sp³-hybridized carbons (Fsp3) is 0.550. The van der Waals surface area contributed by atoms with E-state index in [-0.39, 0.29) is 18.5 Å². The summed E-state index contributed by atoms with van der Waals surface area (Å²) in [6.07, 6.45) is 12.0. The largest absolute Gasteiger partial charge is 0.290 e. The molecule has 2 heterocycles. The van der Waals surface area contributed by atoms with Crippen LogP contribution in [0.5, 0.6) is 0 Å². The minimum absolute atomic E-state index is 0.0176. The second-order valence-corrected chi connectivity index (χ2v) is 8.41. The van der Waals surface area contributed by atoms with Crippen molar-refractivity contribution in [3.05, 3.63) is 52.3 Å². The van der Waals surface area contributed by atoms with Crippen molar-refractivity contribution in [2.24, 2.45) is 5.92 Å². The number of alkyl halides is 2. The van der Waals surface area contributed by atoms with Crippen LogP contribution in [0.15, 0.2) is 46.7 Å². The van der Waals surface area contributed by atoms with E-state index in [0.29, 0.717) is 12.8 Å². The first-order chi connectivity index (χ1) is 12.1. The van der Waals surface area contributed by atoms with Gasteiger partial charge in [-0.1, -0.05) is 40.6 Å². The van der Waals surface area contributed by atoms with E-state index in [0.717, 1.165) is 29.4 Å². The molecule has 134 valence electrons. The van der Waals surface area contributed by atoms with Gasteiger partial charge in [0, 0.05) is 30.9 Å². The van der Waals surface area contributed by atoms with E-state index in [9.17, 15) is 8.78 Å². The molecule has 25 heavy (non-hydrogen) atoms. The lowest BCUT2D eigenvalue weighted by Crippen LogP contribution is -2.50. The molecule has 0 bridgehead atoms. The number of hydrogen-bond acceptors (Lipinski definition) is 2. The molecule has 5 heteroatoms. The van der Waals surface area contributed by atoms with Gasteiger partial charge in [-0.15, -0.1) is 0 Å². The fourth-order valence-corrected chi connectivity index (χ4v) is 5.16. The van der Waals surface area contributed by atoms with Gasteiger partial charge in [0.1, 0.15) is 0 Å². The number of halogens is 3. The summed E-state index contributed by atoms with van der Waals surface area (Å²) in [5.41, 5.74) is 2.14. The van der Waals surface area contributed by atoms with E-state index < -0.39 is 11.8 Å². The highest BCUT2D eigenvalue weighted by Gasteiger charge is 2.50. The minimum atomic E-state index is -2.60. The summed E-state index contributed by atoms with van der Waals surface area (Å²) in [5, 5.41) is 0. The van der Waals surface area contributed by atoms with Crippen molar-refractivity contribution in [2.75, 3.05) is 6.54 Å². The average molecular weight is 409 g/mol. The standard InChI is InChI=1S/C20H23BrF2N2/c21-15-6-7-16-17(12-15)20(22,23)9-8-19(16)25-11-2-1-5-18(25)14-4-3-10-24-13-14/h3-4,6-7,10,13,17-19H,1-2,5,8-9,11-12H2/t17?,18-,19?/m0/s1. The summed E-state index contributed by atoms with van der Waals surface area (Å²) in [5.74, 6) is -3.27. The summed E-state index contributed by atoms with van der Waals surface area (Å²) in [4.78, 5) is 6.75. The molecule has 2 fully saturated rings. The summed E-state index contributed by atoms with van der Waals surface area (Å²) < 4.78 is 30.0. The van der Waals surface area contributed by atoms with Crippen LogP contribution in [-0.4, -0.2) is 28.4 Å². The molecule has 0 amide bonds. The number of rotatable bonds is 2. The molecule has 1 aliphatic heterocycles. The first-order valence-electron chi connectivity index (χ1n) is 9.16. The average Bonchev–Trinajstić information content (AvgIpc) is 2.63. The van der Waals surface area contributed by atoms with E-state index in [1.54, 1.807) is 6.20 Å². The summed E-state index contributed by atoms with van der Waals surface area (Å²) in [7, 11) is 0. The molecular formula is C20H23BrF2N2. The number of nitrogens with zero attached hydrogens (tertiary/aromatic N) is 2. The van der Waals surface area contributed by atoms with Gasteiger partial charge in [0.15, 0.2) is 0 Å². The Hall–Kier alpha value is -1.07. The molecule has 0 spiro atoms. The zero-order valence-electron chi connectivity index (χ0n) is 14.2. The maximum absolute atomic E-state index is 14.6. The zero-order valence-corrected chi connectivity index (χ0v) is 15.8. The molecule has 0 aromatic carbocycles. The Morgan fingerprint density at radius 2 is 2.04 bits per heavy atom. The number of allylic oxidation sites excluding steroid dienone is 3. The fourth-order valence-electron chi connectivity index (χ4n) is 4.71. The van der Waals surface area contributed by atoms with Crippen LogP contribution in [0.1, 0.15) is 50.1 Å². The highest BCUT2D eigenvalue weighted by atomic mass is 79.9. The van der Waals surface area contributed by atoms with Gasteiger partial charge in [-0.25, -0.2) is 8.78 Å². The quantitative estimate of drug-likeness (QED) is 0.629. The number of aromatic nitrogens is 1. The molecule has 1 saturated carbocycles. The van der Waals surface area contributed by atoms with E-state index in [2.05, 4.69) is 31.9 Å². The van der Waals surface area contributed by atoms with Gasteiger partial charge >= 0.3 is 0 Å². The lowest BCUT2D eigenvalue weighted by molar-refractivity contribution is -0.0820. The van der Waals surface area contributed by atoms with E-state index >= 15 is 0 Å². The first kappa shape index (κ1) is 17.3. The van der Waals surface area contributed by atoms with Gasteiger partial charge in [-0.2, -0.15) is 0 Å². The van der Waals surface area contributed by atoms with Crippen LogP contribution in [0, 0.1) is 5.92 Å². The molecule has 1 saturated heterocycles. The van der Waals surface area contributed by atoms with Crippen molar-refractivity contribution in [2.45, 2.75) is 56.5 Å². The van der Waals surface area contributed by atoms with Gasteiger partial charge in [0.2, 0.25) is 0 Å². The van der Waals surface area contributed by atoms with Crippen molar-refractivity contribution in [1.82, 2.24) is 9.88 Å². The Kier molecular flexibility index (Phi) is 4.80. The predicted octanol–water partition coefficient (Wildman–Crippen LogP) is 5.63. The lowest BCUT2D eigenvalue weighted by atomic mass is 9.73. The van der Waals surface area contributed by atoms with Crippen molar-refractivity contribution in [1.29, 1.82) is 0 Å². The highest BCUT2D eigenvalue weighted by Crippen LogP contribution is 2.50. The lowest BCUT2D eigenvalue weighted by Gasteiger charge is -2.48. The van der Waals surface area contributed by atoms with Gasteiger partial charge in [0.25, 0.3) is 5.92 Å². The van der Waals surface area contributed by atoms with Crippen molar-refractivity contribution in [3.8, 4) is 0 Å². The first-order valence-corrected chi connectivity index (χ1v) is 9.95. The number of hydrogen-bond donors (Lipinski definition) is 0. The normalized spacial score (nSPS) is 32.5. The second-order valence-electron chi connectivity index (χ2n) is 7.39. The molecule has 2 nitrogen and oxygen atoms in total. The monoisotopic (exact) mass is 408 g/mol. The molecule has 3 atom stereocenters. The Balaban J connectivity index is 1.67. The molecule has 3 aliphatic rings. The smallest absolute Gasteiger partial charge is 0.255 e. The van der Waals surface area contributed by atoms with Gasteiger partial charge in [-0.05, 0) is 53.9 Å². The second kappa shape index (κ2) is 6.92. The predicted molar refractivity (Wildman–Crippen MR) is 98.7 cm³/mol. The number of pyridine rings is 1. The molecule has 0 N–H and O–H groups in total. The zero-order chi connectivity index (χ0) is 17.4. The molecule has 1 aromatic rings. The van der Waals surface area contributed by atoms with E-state index in [1.807, 2.05) is 24.4 Å². The molecule has 1 aromatic heterocycles. The number of fused-ring (bicyclic) bond motifs is 1. The molecule has 2 aliphatic carbocycles. The summed E-state index contributed by atoms with van der Waals surface area (Å²) >= 11 is 3.43. The topological polar surface area (TPSA) is 16.1 Å². The van der Waals surface area contributed by atoms with E-state index in [1.165, 1.54) is 12.0 Å². The van der Waals surface area contributed by atoms with Crippen LogP contribution >= 0.6 is 15.9 Å². The third-order valence-corrected chi connectivity index (χ3v) is 6.51. The van der Waals surface area contributed by atoms with Crippen LogP contribution < -0.4 is 0 Å². The van der Waals surface area contributed by atoms with Crippen molar-refractivity contribution in [3.63, 3.8) is 0 Å². The third-order valence-electron chi connectivity index (χ3n) is 5.92. The van der Waals surface area contributed by atoms with Gasteiger partial charge in [0.05, 0.1) is 5.92 Å². The Bertz CT molecular complexity index is 686. The van der Waals surface area contributed by atoms with Crippen LogP contribution in [0.3, 0.4) is 0 Å². The SMILES string of the molecule is FC1(F)CCC(N2CCCC[C@H]2c2cccnc2)C2=CC=C(Br)CC21. The van der Waals surface area contributed by atoms with Crippen LogP contribution in [0.25, 0.3) is 0 Å². The van der Waals surface area contributed by atoms with Gasteiger partial charge < -0.3 is 0 Å². The van der Waals surface area contributed by atoms with Gasteiger partial charge in [-0.3, -0.25) is 9.88 Å². The number of piperidine rings is 1. The Morgan fingerprint density at radius 3 is 2.84 bits per heavy atom. The Labute approximate surface area is 156 Å². The van der Waals surface area contributed by atoms with E-state index in [4.69, 9.17) is 0 Å². The van der Waals surface area contributed by atoms with Crippen molar-refractivity contribution >= 4 is 15.9 Å². The molecule has 2 unspecified atom stereocenters. The van der Waals surface area contributed by atoms with Crippen LogP contribution in [-0.2, 0) is 0 Å². The minimum Gasteiger partial charge on any atom is -0.290 e. The van der Waals surface area contributed by atoms with Crippen LogP contribution in [0.4, 0.5) is 8.78 Å². The van der Waals surface area contributed by atoms with Crippen LogP contribution in [0.2, 0.25) is 0 Å². The number of likely N-dealkylation sites (tertiary alicyclic amines) is 1. The van der Waals surface area contributed by atoms with Crippen molar-refractivity contribution < 1.29 is 8.78 Å². The molecule has 0 radical (unpaired) electrons. The summed E-state index contributed by atoms with van der Waals surface area (Å²) in [6.45, 7) is 0.977. The summed E-state index contributed by atoms with van der Waals surface area (Å²) in [6, 6.07) is 4.50. The highest BCUT2D eigenvalue weighted by molar-refractivity contribution is 9.11. The molecule has 4 rings (SSSR count). The maximum atomic E-state index is 14.6. The third kappa shape index (κ3) is 3.33. The molecular weight excluding hydrogens is 386 g/mol. The Morgan fingerprint density at radius 1 is 1.16 bits per heavy atom. The maximum Gasteiger partial charge on any atom is 0.255 e.